The van der Waals surface area contributed by atoms with Crippen LogP contribution in [0.15, 0.2) is 241 Å². The van der Waals surface area contributed by atoms with Gasteiger partial charge in [0.05, 0.1) is 16.7 Å². The third-order valence-corrected chi connectivity index (χ3v) is 11.8. The number of hydrogen-bond donors (Lipinski definition) is 0. The summed E-state index contributed by atoms with van der Waals surface area (Å²) in [4.78, 5) is 1.38. The number of hydrogen-bond acceptors (Lipinski definition) is 2. The quantitative estimate of drug-likeness (QED) is 0.160. The Kier molecular flexibility index (Phi) is 6.76. The Hall–Kier alpha value is -8.20. The maximum absolute atomic E-state index is 9.77. The Morgan fingerprint density at radius 3 is 1.63 bits per heavy atom. The Balaban J connectivity index is 1.06. The average molecular weight is 798 g/mol. The number of nitrogens with zero attached hydrogens (tertiary/aromatic N) is 1. The van der Waals surface area contributed by atoms with Crippen LogP contribution in [-0.4, -0.2) is 0 Å². The molecular formula is C60H39NO. The number of fused-ring (bicyclic) bond motifs is 7. The van der Waals surface area contributed by atoms with Gasteiger partial charge in [-0.2, -0.15) is 0 Å². The third-order valence-electron chi connectivity index (χ3n) is 11.8. The summed E-state index contributed by atoms with van der Waals surface area (Å²) in [5, 5.41) is 7.90. The summed E-state index contributed by atoms with van der Waals surface area (Å²) in [5.74, 6) is 0. The fourth-order valence-corrected chi connectivity index (χ4v) is 8.70. The van der Waals surface area contributed by atoms with Crippen LogP contribution >= 0.6 is 0 Å². The van der Waals surface area contributed by atoms with Crippen molar-refractivity contribution in [3.05, 3.63) is 236 Å². The maximum atomic E-state index is 9.77. The highest BCUT2D eigenvalue weighted by atomic mass is 16.3. The monoisotopic (exact) mass is 797 g/mol. The molecule has 0 spiro atoms. The highest BCUT2D eigenvalue weighted by Gasteiger charge is 2.19. The number of rotatable bonds is 7. The third kappa shape index (κ3) is 6.20. The summed E-state index contributed by atoms with van der Waals surface area (Å²) >= 11 is 0. The lowest BCUT2D eigenvalue weighted by Crippen LogP contribution is -2.11. The summed E-state index contributed by atoms with van der Waals surface area (Å²) in [6, 6.07) is 57.2. The number of anilines is 3. The highest BCUT2D eigenvalue weighted by molar-refractivity contribution is 6.15. The van der Waals surface area contributed by atoms with Gasteiger partial charge in [0.25, 0.3) is 0 Å². The molecule has 0 aliphatic heterocycles. The minimum absolute atomic E-state index is 0.0884. The normalized spacial score (nSPS) is 13.4. The van der Waals surface area contributed by atoms with Crippen LogP contribution in [0.25, 0.3) is 98.8 Å². The molecule has 0 amide bonds. The first-order chi connectivity index (χ1) is 34.1. The van der Waals surface area contributed by atoms with Crippen LogP contribution in [0.5, 0.6) is 0 Å². The molecule has 12 aromatic rings. The molecule has 12 rings (SSSR count). The van der Waals surface area contributed by atoms with Gasteiger partial charge >= 0.3 is 0 Å². The van der Waals surface area contributed by atoms with E-state index in [-0.39, 0.29) is 46.7 Å². The van der Waals surface area contributed by atoms with Crippen molar-refractivity contribution < 1.29 is 15.4 Å². The molecule has 0 aliphatic rings. The Morgan fingerprint density at radius 1 is 0.323 bits per heavy atom. The molecule has 0 N–H and O–H groups in total. The molecule has 0 unspecified atom stereocenters. The smallest absolute Gasteiger partial charge is 0.143 e. The van der Waals surface area contributed by atoms with Crippen molar-refractivity contribution in [1.82, 2.24) is 0 Å². The van der Waals surface area contributed by atoms with Crippen molar-refractivity contribution in [2.24, 2.45) is 0 Å². The van der Waals surface area contributed by atoms with Crippen LogP contribution in [0.4, 0.5) is 17.1 Å². The van der Waals surface area contributed by atoms with Gasteiger partial charge in [0.1, 0.15) is 11.2 Å². The van der Waals surface area contributed by atoms with Crippen LogP contribution in [0.3, 0.4) is 0 Å². The van der Waals surface area contributed by atoms with E-state index in [1.807, 2.05) is 133 Å². The van der Waals surface area contributed by atoms with E-state index in [9.17, 15) is 11.0 Å². The fourth-order valence-electron chi connectivity index (χ4n) is 8.70. The van der Waals surface area contributed by atoms with Crippen molar-refractivity contribution in [2.45, 2.75) is 0 Å². The summed E-state index contributed by atoms with van der Waals surface area (Å²) in [5.41, 5.74) is 5.60. The van der Waals surface area contributed by atoms with Crippen LogP contribution in [0.2, 0.25) is 0 Å². The van der Waals surface area contributed by atoms with Gasteiger partial charge in [0.2, 0.25) is 0 Å². The predicted molar refractivity (Wildman–Crippen MR) is 263 cm³/mol. The van der Waals surface area contributed by atoms with E-state index in [1.165, 1.54) is 4.90 Å². The zero-order valence-electron chi connectivity index (χ0n) is 41.3. The van der Waals surface area contributed by atoms with E-state index in [2.05, 4.69) is 24.3 Å². The topological polar surface area (TPSA) is 16.4 Å². The zero-order chi connectivity index (χ0) is 47.9. The second-order valence-electron chi connectivity index (χ2n) is 15.4. The minimum atomic E-state index is -0.418. The van der Waals surface area contributed by atoms with E-state index in [1.54, 1.807) is 30.3 Å². The molecule has 0 radical (unpaired) electrons. The Labute approximate surface area is 371 Å². The molecule has 1 heterocycles. The van der Waals surface area contributed by atoms with E-state index in [0.29, 0.717) is 33.5 Å². The molecule has 0 saturated heterocycles. The SMILES string of the molecule is [2H]c1c([2H])c(N(c2ccccc2-c2ccc3c(c2)oc2c4ccccc4ccc32)c2c([2H])c([2H])c(-c3ccc4ccccc4c3)c([2H])c2[2H])c([2H])c([2H])c1-c1ccc(-c2cccc3ccccc23)cc1. The van der Waals surface area contributed by atoms with Crippen molar-refractivity contribution in [2.75, 3.05) is 4.90 Å². The van der Waals surface area contributed by atoms with Crippen molar-refractivity contribution >= 4 is 71.3 Å². The largest absolute Gasteiger partial charge is 0.455 e. The van der Waals surface area contributed by atoms with Gasteiger partial charge in [-0.3, -0.25) is 0 Å². The average Bonchev–Trinajstić information content (AvgIpc) is 3.78. The Bertz CT molecular complexity index is 4060. The summed E-state index contributed by atoms with van der Waals surface area (Å²) < 4.78 is 83.8. The standard InChI is InChI=1S/C60H39NO/c1-2-13-47-38-48(25-22-40(47)10-1)43-28-34-51(35-29-43)61(50-32-26-42(27-33-50)41-20-23-46(24-21-41)53-18-9-14-44-11-3-5-15-52(44)53)58-19-8-7-16-54(58)49-31-36-56-57-37-30-45-12-4-6-17-55(45)60(57)62-59(56)39-49/h1-39H/i26D,27D,28D,29D,32D,33D,34D,35D. The predicted octanol–water partition coefficient (Wildman–Crippen LogP) is 17.2. The van der Waals surface area contributed by atoms with Gasteiger partial charge < -0.3 is 9.32 Å². The zero-order valence-corrected chi connectivity index (χ0v) is 33.3. The molecule has 290 valence electrons. The molecule has 0 aliphatic carbocycles. The van der Waals surface area contributed by atoms with Gasteiger partial charge in [0, 0.05) is 33.1 Å². The van der Waals surface area contributed by atoms with Crippen LogP contribution in [0.1, 0.15) is 11.0 Å². The van der Waals surface area contributed by atoms with Crippen LogP contribution in [-0.2, 0) is 0 Å². The molecule has 2 heteroatoms. The van der Waals surface area contributed by atoms with Crippen LogP contribution < -0.4 is 4.90 Å². The van der Waals surface area contributed by atoms with Gasteiger partial charge in [-0.05, 0) is 120 Å². The van der Waals surface area contributed by atoms with E-state index < -0.39 is 24.2 Å². The number of benzene rings is 11. The van der Waals surface area contributed by atoms with E-state index in [4.69, 9.17) is 4.42 Å². The molecule has 62 heavy (non-hydrogen) atoms. The lowest BCUT2D eigenvalue weighted by Gasteiger charge is -2.28. The van der Waals surface area contributed by atoms with Crippen molar-refractivity contribution in [3.8, 4) is 44.5 Å². The number of furan rings is 1. The molecule has 0 fully saturated rings. The number of para-hydroxylation sites is 1. The van der Waals surface area contributed by atoms with Gasteiger partial charge in [-0.15, -0.1) is 0 Å². The molecule has 0 atom stereocenters. The van der Waals surface area contributed by atoms with Gasteiger partial charge in [-0.1, -0.05) is 182 Å². The first-order valence-electron chi connectivity index (χ1n) is 24.6. The molecular weight excluding hydrogens is 751 g/mol. The van der Waals surface area contributed by atoms with E-state index in [0.717, 1.165) is 59.8 Å². The van der Waals surface area contributed by atoms with E-state index >= 15 is 0 Å². The second kappa shape index (κ2) is 14.8. The van der Waals surface area contributed by atoms with Gasteiger partial charge in [-0.25, -0.2) is 0 Å². The summed E-state index contributed by atoms with van der Waals surface area (Å²) in [6.07, 6.45) is 0. The lowest BCUT2D eigenvalue weighted by atomic mass is 9.96. The Morgan fingerprint density at radius 2 is 0.855 bits per heavy atom. The molecule has 0 bridgehead atoms. The van der Waals surface area contributed by atoms with Crippen molar-refractivity contribution in [1.29, 1.82) is 0 Å². The summed E-state index contributed by atoms with van der Waals surface area (Å²) in [6.45, 7) is 0. The van der Waals surface area contributed by atoms with Crippen LogP contribution in [0, 0.1) is 0 Å². The molecule has 0 saturated carbocycles. The highest BCUT2D eigenvalue weighted by Crippen LogP contribution is 2.44. The first kappa shape index (κ1) is 28.3. The first-order valence-corrected chi connectivity index (χ1v) is 20.6. The molecule has 1 aromatic heterocycles. The molecule has 2 nitrogen and oxygen atoms in total. The van der Waals surface area contributed by atoms with Gasteiger partial charge in [0.15, 0.2) is 0 Å². The maximum Gasteiger partial charge on any atom is 0.143 e. The molecule has 11 aromatic carbocycles. The second-order valence-corrected chi connectivity index (χ2v) is 15.4. The van der Waals surface area contributed by atoms with Crippen molar-refractivity contribution in [3.63, 3.8) is 0 Å². The minimum Gasteiger partial charge on any atom is -0.455 e. The summed E-state index contributed by atoms with van der Waals surface area (Å²) in [7, 11) is 0. The fraction of sp³-hybridized carbons (Fsp3) is 0. The lowest BCUT2D eigenvalue weighted by molar-refractivity contribution is 0.673.